The fourth-order valence-electron chi connectivity index (χ4n) is 2.87. The molecule has 0 saturated heterocycles. The SMILES string of the molecule is C1=CC=CC(=c2cc3ccc(=C4C=CC=C4)ccc-3c2)C=C1. The van der Waals surface area contributed by atoms with Gasteiger partial charge in [0.25, 0.3) is 0 Å². The summed E-state index contributed by atoms with van der Waals surface area (Å²) < 4.78 is 0. The Labute approximate surface area is 130 Å². The molecular formula is C22H16. The van der Waals surface area contributed by atoms with Crippen molar-refractivity contribution in [2.24, 2.45) is 0 Å². The van der Waals surface area contributed by atoms with Crippen molar-refractivity contribution in [3.8, 4) is 11.1 Å². The molecule has 4 aliphatic carbocycles. The Bertz CT molecular complexity index is 888. The maximum Gasteiger partial charge on any atom is -0.0172 e. The van der Waals surface area contributed by atoms with Gasteiger partial charge in [0.05, 0.1) is 0 Å². The molecule has 0 amide bonds. The Morgan fingerprint density at radius 2 is 0.864 bits per heavy atom. The standard InChI is InChI=1S/C22H16/c1-2-4-8-18(7-3-1)22-15-20-13-11-19(12-14-21(20)16-22)17-9-5-6-10-17/h1-16H. The van der Waals surface area contributed by atoms with E-state index in [4.69, 9.17) is 0 Å². The molecule has 0 aromatic carbocycles. The highest BCUT2D eigenvalue weighted by molar-refractivity contribution is 5.76. The number of hydrogen-bond acceptors (Lipinski definition) is 0. The Morgan fingerprint density at radius 3 is 1.41 bits per heavy atom. The van der Waals surface area contributed by atoms with Crippen LogP contribution < -0.4 is 10.4 Å². The van der Waals surface area contributed by atoms with E-state index in [1.54, 1.807) is 0 Å². The summed E-state index contributed by atoms with van der Waals surface area (Å²) in [5, 5.41) is 2.53. The first-order chi connectivity index (χ1) is 10.9. The zero-order valence-corrected chi connectivity index (χ0v) is 12.2. The molecule has 0 radical (unpaired) electrons. The third-order valence-electron chi connectivity index (χ3n) is 4.05. The molecule has 0 heterocycles. The zero-order chi connectivity index (χ0) is 14.8. The van der Waals surface area contributed by atoms with Crippen molar-refractivity contribution in [1.82, 2.24) is 0 Å². The van der Waals surface area contributed by atoms with Crippen LogP contribution in [0.1, 0.15) is 0 Å². The molecule has 0 N–H and O–H groups in total. The van der Waals surface area contributed by atoms with Crippen LogP contribution in [0.15, 0.2) is 97.2 Å². The van der Waals surface area contributed by atoms with E-state index in [0.717, 1.165) is 0 Å². The molecular weight excluding hydrogens is 264 g/mol. The Balaban J connectivity index is 1.91. The minimum atomic E-state index is 1.25. The quantitative estimate of drug-likeness (QED) is 0.686. The lowest BCUT2D eigenvalue weighted by molar-refractivity contribution is 1.66. The fourth-order valence-corrected chi connectivity index (χ4v) is 2.87. The molecule has 0 aromatic rings. The Kier molecular flexibility index (Phi) is 3.21. The largest absolute Gasteiger partial charge is 0.0622 e. The first kappa shape index (κ1) is 12.8. The summed E-state index contributed by atoms with van der Waals surface area (Å²) in [4.78, 5) is 0. The van der Waals surface area contributed by atoms with E-state index in [-0.39, 0.29) is 0 Å². The minimum Gasteiger partial charge on any atom is -0.0622 e. The number of rotatable bonds is 0. The molecule has 4 rings (SSSR count). The molecule has 0 atom stereocenters. The van der Waals surface area contributed by atoms with Crippen LogP contribution in [-0.2, 0) is 0 Å². The van der Waals surface area contributed by atoms with Gasteiger partial charge < -0.3 is 0 Å². The summed E-state index contributed by atoms with van der Waals surface area (Å²) in [7, 11) is 0. The second-order valence-electron chi connectivity index (χ2n) is 5.51. The first-order valence-corrected chi connectivity index (χ1v) is 7.55. The highest BCUT2D eigenvalue weighted by Crippen LogP contribution is 2.19. The Hall–Kier alpha value is -2.86. The third kappa shape index (κ3) is 2.40. The van der Waals surface area contributed by atoms with Gasteiger partial charge in [-0.2, -0.15) is 0 Å². The average Bonchev–Trinajstić information content (AvgIpc) is 3.07. The van der Waals surface area contributed by atoms with Crippen molar-refractivity contribution < 1.29 is 0 Å². The van der Waals surface area contributed by atoms with Crippen molar-refractivity contribution in [1.29, 1.82) is 0 Å². The van der Waals surface area contributed by atoms with E-state index in [1.165, 1.54) is 32.7 Å². The summed E-state index contributed by atoms with van der Waals surface area (Å²) >= 11 is 0. The molecule has 22 heavy (non-hydrogen) atoms. The van der Waals surface area contributed by atoms with Gasteiger partial charge in [-0.1, -0.05) is 85.0 Å². The second kappa shape index (κ2) is 5.50. The number of hydrogen-bond donors (Lipinski definition) is 0. The summed E-state index contributed by atoms with van der Waals surface area (Å²) in [6.07, 6.45) is 21.0. The van der Waals surface area contributed by atoms with Crippen LogP contribution in [0.3, 0.4) is 0 Å². The summed E-state index contributed by atoms with van der Waals surface area (Å²) in [6, 6.07) is 13.4. The van der Waals surface area contributed by atoms with E-state index < -0.39 is 0 Å². The highest BCUT2D eigenvalue weighted by Gasteiger charge is 2.03. The third-order valence-corrected chi connectivity index (χ3v) is 4.05. The van der Waals surface area contributed by atoms with Gasteiger partial charge in [-0.25, -0.2) is 0 Å². The molecule has 0 saturated carbocycles. The second-order valence-corrected chi connectivity index (χ2v) is 5.51. The normalized spacial score (nSPS) is 16.0. The van der Waals surface area contributed by atoms with Crippen LogP contribution in [0, 0.1) is 0 Å². The van der Waals surface area contributed by atoms with Crippen LogP contribution in [0.5, 0.6) is 0 Å². The molecule has 0 heteroatoms. The van der Waals surface area contributed by atoms with Gasteiger partial charge in [0.15, 0.2) is 0 Å². The van der Waals surface area contributed by atoms with Gasteiger partial charge >= 0.3 is 0 Å². The van der Waals surface area contributed by atoms with Crippen molar-refractivity contribution >= 4 is 11.1 Å². The van der Waals surface area contributed by atoms with E-state index in [0.29, 0.717) is 0 Å². The summed E-state index contributed by atoms with van der Waals surface area (Å²) in [5.41, 5.74) is 5.08. The molecule has 0 aliphatic heterocycles. The first-order valence-electron chi connectivity index (χ1n) is 7.55. The molecule has 0 unspecified atom stereocenters. The smallest absolute Gasteiger partial charge is 0.0172 e. The van der Waals surface area contributed by atoms with Crippen molar-refractivity contribution in [3.63, 3.8) is 0 Å². The number of fused-ring (bicyclic) bond motifs is 1. The van der Waals surface area contributed by atoms with Crippen molar-refractivity contribution in [2.75, 3.05) is 0 Å². The van der Waals surface area contributed by atoms with Gasteiger partial charge in [0.1, 0.15) is 0 Å². The van der Waals surface area contributed by atoms with Crippen LogP contribution >= 0.6 is 0 Å². The van der Waals surface area contributed by atoms with Gasteiger partial charge in [0.2, 0.25) is 0 Å². The van der Waals surface area contributed by atoms with Crippen LogP contribution in [0.25, 0.3) is 22.3 Å². The van der Waals surface area contributed by atoms with E-state index in [2.05, 4.69) is 97.2 Å². The number of allylic oxidation sites excluding steroid dienone is 10. The molecule has 0 bridgehead atoms. The average molecular weight is 280 g/mol. The lowest BCUT2D eigenvalue weighted by Crippen LogP contribution is -1.99. The molecule has 0 fully saturated rings. The van der Waals surface area contributed by atoms with Gasteiger partial charge in [0, 0.05) is 0 Å². The summed E-state index contributed by atoms with van der Waals surface area (Å²) in [6.45, 7) is 0. The molecule has 0 nitrogen and oxygen atoms in total. The van der Waals surface area contributed by atoms with Gasteiger partial charge in [-0.15, -0.1) is 0 Å². The van der Waals surface area contributed by atoms with Crippen LogP contribution in [0.4, 0.5) is 0 Å². The molecule has 4 aliphatic rings. The van der Waals surface area contributed by atoms with Gasteiger partial charge in [-0.05, 0) is 44.8 Å². The van der Waals surface area contributed by atoms with Gasteiger partial charge in [-0.3, -0.25) is 0 Å². The van der Waals surface area contributed by atoms with E-state index in [9.17, 15) is 0 Å². The van der Waals surface area contributed by atoms with E-state index >= 15 is 0 Å². The Morgan fingerprint density at radius 1 is 0.409 bits per heavy atom. The predicted octanol–water partition coefficient (Wildman–Crippen LogP) is 3.90. The predicted molar refractivity (Wildman–Crippen MR) is 94.8 cm³/mol. The lowest BCUT2D eigenvalue weighted by Gasteiger charge is -1.88. The topological polar surface area (TPSA) is 0 Å². The molecule has 0 spiro atoms. The molecule has 0 aromatic heterocycles. The van der Waals surface area contributed by atoms with Crippen LogP contribution in [0.2, 0.25) is 0 Å². The lowest BCUT2D eigenvalue weighted by atomic mass is 10.2. The molecule has 104 valence electrons. The fraction of sp³-hybridized carbons (Fsp3) is 0. The minimum absolute atomic E-state index is 1.25. The maximum atomic E-state index is 2.26. The van der Waals surface area contributed by atoms with Crippen LogP contribution in [-0.4, -0.2) is 0 Å². The van der Waals surface area contributed by atoms with Crippen molar-refractivity contribution in [2.45, 2.75) is 0 Å². The highest BCUT2D eigenvalue weighted by atomic mass is 14.1. The zero-order valence-electron chi connectivity index (χ0n) is 12.2. The maximum absolute atomic E-state index is 2.26. The van der Waals surface area contributed by atoms with E-state index in [1.807, 2.05) is 0 Å². The monoisotopic (exact) mass is 280 g/mol. The summed E-state index contributed by atoms with van der Waals surface area (Å²) in [5.74, 6) is 0. The van der Waals surface area contributed by atoms with Crippen molar-refractivity contribution in [3.05, 3.63) is 108 Å².